The summed E-state index contributed by atoms with van der Waals surface area (Å²) in [7, 11) is 0. The van der Waals surface area contributed by atoms with Crippen LogP contribution in [0.2, 0.25) is 0 Å². The Labute approximate surface area is 119 Å². The van der Waals surface area contributed by atoms with Crippen LogP contribution in [0.15, 0.2) is 24.3 Å². The molecule has 2 rings (SSSR count). The van der Waals surface area contributed by atoms with E-state index in [9.17, 15) is 9.90 Å². The van der Waals surface area contributed by atoms with Crippen molar-refractivity contribution in [1.29, 1.82) is 0 Å². The lowest BCUT2D eigenvalue weighted by Crippen LogP contribution is -2.39. The predicted octanol–water partition coefficient (Wildman–Crippen LogP) is 0.873. The summed E-state index contributed by atoms with van der Waals surface area (Å²) in [6, 6.07) is 6.92. The van der Waals surface area contributed by atoms with Crippen molar-refractivity contribution in [1.82, 2.24) is 4.90 Å². The Hall–Kier alpha value is -1.83. The highest BCUT2D eigenvalue weighted by Crippen LogP contribution is 2.25. The number of likely N-dealkylation sites (tertiary alicyclic amines) is 1. The van der Waals surface area contributed by atoms with E-state index in [1.807, 2.05) is 0 Å². The van der Waals surface area contributed by atoms with Crippen LogP contribution >= 0.6 is 0 Å². The van der Waals surface area contributed by atoms with Crippen LogP contribution in [0.5, 0.6) is 0 Å². The molecule has 0 aliphatic carbocycles. The van der Waals surface area contributed by atoms with E-state index in [-0.39, 0.29) is 25.2 Å². The van der Waals surface area contributed by atoms with E-state index in [0.29, 0.717) is 18.0 Å². The Morgan fingerprint density at radius 2 is 2.05 bits per heavy atom. The topological polar surface area (TPSA) is 60.8 Å². The monoisotopic (exact) mass is 273 g/mol. The average molecular weight is 273 g/mol. The third-order valence-electron chi connectivity index (χ3n) is 3.77. The van der Waals surface area contributed by atoms with E-state index in [2.05, 4.69) is 18.8 Å². The van der Waals surface area contributed by atoms with Gasteiger partial charge in [-0.05, 0) is 36.6 Å². The number of hydrogen-bond donors (Lipinski definition) is 2. The quantitative estimate of drug-likeness (QED) is 0.786. The maximum Gasteiger partial charge on any atom is 0.254 e. The number of carbonyl (C=O) groups is 1. The van der Waals surface area contributed by atoms with Gasteiger partial charge in [-0.2, -0.15) is 0 Å². The fourth-order valence-electron chi connectivity index (χ4n) is 2.54. The Morgan fingerprint density at radius 1 is 1.35 bits per heavy atom. The van der Waals surface area contributed by atoms with Crippen molar-refractivity contribution in [2.45, 2.75) is 19.4 Å². The zero-order valence-electron chi connectivity index (χ0n) is 11.5. The Kier molecular flexibility index (Phi) is 4.78. The van der Waals surface area contributed by atoms with Gasteiger partial charge < -0.3 is 15.1 Å². The molecule has 0 aromatic heterocycles. The SMILES string of the molecule is CC1CCN(C(=O)c2ccc(C#CCO)cc2)C1CO. The van der Waals surface area contributed by atoms with Gasteiger partial charge in [0, 0.05) is 17.7 Å². The van der Waals surface area contributed by atoms with Gasteiger partial charge in [0.2, 0.25) is 0 Å². The van der Waals surface area contributed by atoms with Gasteiger partial charge in [0.05, 0.1) is 12.6 Å². The highest BCUT2D eigenvalue weighted by molar-refractivity contribution is 5.94. The number of aliphatic hydroxyl groups is 2. The van der Waals surface area contributed by atoms with Gasteiger partial charge in [0.1, 0.15) is 6.61 Å². The maximum atomic E-state index is 12.4. The number of benzene rings is 1. The second-order valence-electron chi connectivity index (χ2n) is 5.05. The van der Waals surface area contributed by atoms with Gasteiger partial charge in [-0.15, -0.1) is 0 Å². The Bertz CT molecular complexity index is 527. The van der Waals surface area contributed by atoms with E-state index in [1.165, 1.54) is 0 Å². The van der Waals surface area contributed by atoms with E-state index in [1.54, 1.807) is 29.2 Å². The lowest BCUT2D eigenvalue weighted by Gasteiger charge is -2.25. The molecule has 2 unspecified atom stereocenters. The minimum Gasteiger partial charge on any atom is -0.394 e. The third kappa shape index (κ3) is 3.01. The highest BCUT2D eigenvalue weighted by Gasteiger charge is 2.34. The molecule has 1 aromatic rings. The third-order valence-corrected chi connectivity index (χ3v) is 3.77. The second kappa shape index (κ2) is 6.56. The van der Waals surface area contributed by atoms with E-state index in [0.717, 1.165) is 12.0 Å². The molecule has 4 heteroatoms. The fraction of sp³-hybridized carbons (Fsp3) is 0.438. The molecule has 4 nitrogen and oxygen atoms in total. The van der Waals surface area contributed by atoms with E-state index in [4.69, 9.17) is 5.11 Å². The van der Waals surface area contributed by atoms with Gasteiger partial charge in [0.25, 0.3) is 5.91 Å². The molecule has 20 heavy (non-hydrogen) atoms. The minimum atomic E-state index is -0.176. The van der Waals surface area contributed by atoms with Crippen LogP contribution in [0.1, 0.15) is 29.3 Å². The Balaban J connectivity index is 2.13. The van der Waals surface area contributed by atoms with Crippen molar-refractivity contribution < 1.29 is 15.0 Å². The summed E-state index contributed by atoms with van der Waals surface area (Å²) < 4.78 is 0. The lowest BCUT2D eigenvalue weighted by molar-refractivity contribution is 0.0648. The molecule has 0 radical (unpaired) electrons. The smallest absolute Gasteiger partial charge is 0.254 e. The van der Waals surface area contributed by atoms with Crippen LogP contribution in [-0.4, -0.2) is 46.8 Å². The van der Waals surface area contributed by atoms with Gasteiger partial charge >= 0.3 is 0 Å². The molecule has 1 fully saturated rings. The van der Waals surface area contributed by atoms with E-state index >= 15 is 0 Å². The normalized spacial score (nSPS) is 21.4. The molecule has 1 amide bonds. The van der Waals surface area contributed by atoms with Crippen LogP contribution in [-0.2, 0) is 0 Å². The second-order valence-corrected chi connectivity index (χ2v) is 5.05. The Morgan fingerprint density at radius 3 is 2.65 bits per heavy atom. The summed E-state index contributed by atoms with van der Waals surface area (Å²) in [6.45, 7) is 2.58. The number of amides is 1. The number of aliphatic hydroxyl groups excluding tert-OH is 2. The van der Waals surface area contributed by atoms with Crippen molar-refractivity contribution >= 4 is 5.91 Å². The summed E-state index contributed by atoms with van der Waals surface area (Å²) in [4.78, 5) is 14.2. The van der Waals surface area contributed by atoms with Gasteiger partial charge in [0.15, 0.2) is 0 Å². The number of rotatable bonds is 2. The molecule has 1 heterocycles. The molecule has 0 spiro atoms. The molecule has 1 aliphatic rings. The zero-order chi connectivity index (χ0) is 14.5. The van der Waals surface area contributed by atoms with Crippen LogP contribution in [0.3, 0.4) is 0 Å². The zero-order valence-corrected chi connectivity index (χ0v) is 11.5. The summed E-state index contributed by atoms with van der Waals surface area (Å²) >= 11 is 0. The first-order valence-corrected chi connectivity index (χ1v) is 6.79. The van der Waals surface area contributed by atoms with E-state index < -0.39 is 0 Å². The van der Waals surface area contributed by atoms with Gasteiger partial charge in [-0.3, -0.25) is 4.79 Å². The van der Waals surface area contributed by atoms with Crippen molar-refractivity contribution in [3.8, 4) is 11.8 Å². The predicted molar refractivity (Wildman–Crippen MR) is 76.1 cm³/mol. The number of hydrogen-bond acceptors (Lipinski definition) is 3. The van der Waals surface area contributed by atoms with Gasteiger partial charge in [-0.25, -0.2) is 0 Å². The molecule has 1 aromatic carbocycles. The first-order chi connectivity index (χ1) is 9.67. The number of nitrogens with zero attached hydrogens (tertiary/aromatic N) is 1. The average Bonchev–Trinajstić information content (AvgIpc) is 2.85. The molecule has 0 saturated carbocycles. The van der Waals surface area contributed by atoms with Crippen LogP contribution in [0, 0.1) is 17.8 Å². The van der Waals surface area contributed by atoms with Gasteiger partial charge in [-0.1, -0.05) is 18.8 Å². The summed E-state index contributed by atoms with van der Waals surface area (Å²) in [5.74, 6) is 5.65. The molecule has 106 valence electrons. The molecular formula is C16H19NO3. The standard InChI is InChI=1S/C16H19NO3/c1-12-8-9-17(15(12)11-19)16(20)14-6-4-13(5-7-14)3-2-10-18/h4-7,12,15,18-19H,8-11H2,1H3. The number of carbonyl (C=O) groups excluding carboxylic acids is 1. The van der Waals surface area contributed by atoms with Crippen LogP contribution < -0.4 is 0 Å². The lowest BCUT2D eigenvalue weighted by atomic mass is 10.0. The van der Waals surface area contributed by atoms with Crippen LogP contribution in [0.4, 0.5) is 0 Å². The molecule has 1 aliphatic heterocycles. The van der Waals surface area contributed by atoms with Crippen molar-refractivity contribution in [3.63, 3.8) is 0 Å². The fourth-order valence-corrected chi connectivity index (χ4v) is 2.54. The molecule has 2 atom stereocenters. The minimum absolute atomic E-state index is 0.00691. The molecular weight excluding hydrogens is 254 g/mol. The first kappa shape index (κ1) is 14.6. The summed E-state index contributed by atoms with van der Waals surface area (Å²) in [5.41, 5.74) is 1.37. The summed E-state index contributed by atoms with van der Waals surface area (Å²) in [5, 5.41) is 18.0. The molecule has 0 bridgehead atoms. The molecule has 1 saturated heterocycles. The van der Waals surface area contributed by atoms with Crippen molar-refractivity contribution in [2.24, 2.45) is 5.92 Å². The molecule has 2 N–H and O–H groups in total. The maximum absolute atomic E-state index is 12.4. The largest absolute Gasteiger partial charge is 0.394 e. The highest BCUT2D eigenvalue weighted by atomic mass is 16.3. The first-order valence-electron chi connectivity index (χ1n) is 6.79. The van der Waals surface area contributed by atoms with Crippen molar-refractivity contribution in [3.05, 3.63) is 35.4 Å². The summed E-state index contributed by atoms with van der Waals surface area (Å²) in [6.07, 6.45) is 0.928. The van der Waals surface area contributed by atoms with Crippen LogP contribution in [0.25, 0.3) is 0 Å². The van der Waals surface area contributed by atoms with Crippen molar-refractivity contribution in [2.75, 3.05) is 19.8 Å².